The van der Waals surface area contributed by atoms with Gasteiger partial charge in [-0.15, -0.1) is 22.7 Å². The van der Waals surface area contributed by atoms with Crippen molar-refractivity contribution in [2.24, 2.45) is 0 Å². The van der Waals surface area contributed by atoms with Gasteiger partial charge in [0.05, 0.1) is 0 Å². The smallest absolute Gasteiger partial charge is 0.165 e. The van der Waals surface area contributed by atoms with Gasteiger partial charge in [0.1, 0.15) is 0 Å². The second-order valence-electron chi connectivity index (χ2n) is 14.8. The summed E-state index contributed by atoms with van der Waals surface area (Å²) in [5.41, 5.74) is 8.94. The summed E-state index contributed by atoms with van der Waals surface area (Å²) >= 11 is 3.65. The van der Waals surface area contributed by atoms with E-state index >= 15 is 0 Å². The molecule has 0 radical (unpaired) electrons. The second kappa shape index (κ2) is 12.8. The number of fused-ring (bicyclic) bond motifs is 6. The average Bonchev–Trinajstić information content (AvgIpc) is 3.79. The maximum Gasteiger partial charge on any atom is 0.165 e. The molecule has 7 aromatic carbocycles. The first-order valence-corrected chi connectivity index (χ1v) is 19.9. The minimum Gasteiger partial charge on any atom is -0.208 e. The second-order valence-corrected chi connectivity index (χ2v) is 16.9. The van der Waals surface area contributed by atoms with Crippen molar-refractivity contribution in [1.29, 1.82) is 0 Å². The van der Waals surface area contributed by atoms with Crippen LogP contribution in [0.4, 0.5) is 0 Å². The molecule has 0 aliphatic carbocycles. The number of thiophene rings is 2. The molecule has 3 nitrogen and oxygen atoms in total. The van der Waals surface area contributed by atoms with Crippen molar-refractivity contribution in [3.63, 3.8) is 0 Å². The summed E-state index contributed by atoms with van der Waals surface area (Å²) in [6.07, 6.45) is 0. The highest BCUT2D eigenvalue weighted by molar-refractivity contribution is 7.26. The van der Waals surface area contributed by atoms with E-state index in [4.69, 9.17) is 15.0 Å². The largest absolute Gasteiger partial charge is 0.208 e. The molecule has 0 bridgehead atoms. The Kier molecular flexibility index (Phi) is 7.76. The molecule has 10 aromatic rings. The number of hydrogen-bond acceptors (Lipinski definition) is 5. The standard InChI is InChI=1S/C49H35N3S2/c1-49(2,3)33-28-26-30(27-29-33)34-12-4-5-15-40(34)47-50-46(51-48(52-47)41-19-11-18-39-37-14-7-9-21-43(37)54-45(39)41)32-24-22-31(23-25-32)35-16-10-17-38-36-13-6-8-20-42(36)53-44(35)38/h4-29H,1-3H3. The summed E-state index contributed by atoms with van der Waals surface area (Å²) in [6, 6.07) is 56.4. The van der Waals surface area contributed by atoms with Crippen LogP contribution in [-0.4, -0.2) is 15.0 Å². The summed E-state index contributed by atoms with van der Waals surface area (Å²) in [7, 11) is 0. The van der Waals surface area contributed by atoms with Gasteiger partial charge in [-0.25, -0.2) is 15.0 Å². The fourth-order valence-electron chi connectivity index (χ4n) is 7.52. The molecule has 0 unspecified atom stereocenters. The van der Waals surface area contributed by atoms with E-state index in [0.717, 1.165) is 27.8 Å². The Morgan fingerprint density at radius 2 is 0.778 bits per heavy atom. The molecule has 54 heavy (non-hydrogen) atoms. The van der Waals surface area contributed by atoms with Crippen molar-refractivity contribution in [3.8, 4) is 56.4 Å². The van der Waals surface area contributed by atoms with Crippen LogP contribution in [0.1, 0.15) is 26.3 Å². The van der Waals surface area contributed by atoms with Gasteiger partial charge in [-0.2, -0.15) is 0 Å². The van der Waals surface area contributed by atoms with Crippen molar-refractivity contribution in [3.05, 3.63) is 163 Å². The van der Waals surface area contributed by atoms with Crippen LogP contribution in [0.5, 0.6) is 0 Å². The number of aromatic nitrogens is 3. The number of nitrogens with zero attached hydrogens (tertiary/aromatic N) is 3. The van der Waals surface area contributed by atoms with Crippen molar-refractivity contribution >= 4 is 63.0 Å². The highest BCUT2D eigenvalue weighted by atomic mass is 32.1. The molecule has 258 valence electrons. The van der Waals surface area contributed by atoms with Crippen LogP contribution < -0.4 is 0 Å². The van der Waals surface area contributed by atoms with Crippen LogP contribution in [0.15, 0.2) is 158 Å². The van der Waals surface area contributed by atoms with Crippen molar-refractivity contribution in [1.82, 2.24) is 15.0 Å². The van der Waals surface area contributed by atoms with Gasteiger partial charge in [-0.3, -0.25) is 0 Å². The Morgan fingerprint density at radius 1 is 0.352 bits per heavy atom. The predicted octanol–water partition coefficient (Wildman–Crippen LogP) is 14.2. The molecule has 3 heterocycles. The minimum atomic E-state index is 0.0730. The number of rotatable bonds is 5. The lowest BCUT2D eigenvalue weighted by molar-refractivity contribution is 0.590. The van der Waals surface area contributed by atoms with E-state index in [1.807, 2.05) is 11.3 Å². The molecule has 0 atom stereocenters. The fourth-order valence-corrected chi connectivity index (χ4v) is 9.97. The Balaban J connectivity index is 1.14. The van der Waals surface area contributed by atoms with Gasteiger partial charge in [-0.05, 0) is 51.4 Å². The van der Waals surface area contributed by atoms with Crippen molar-refractivity contribution in [2.45, 2.75) is 26.2 Å². The zero-order valence-corrected chi connectivity index (χ0v) is 31.8. The molecular formula is C49H35N3S2. The van der Waals surface area contributed by atoms with Gasteiger partial charge in [0.2, 0.25) is 0 Å². The van der Waals surface area contributed by atoms with Crippen LogP contribution in [0, 0.1) is 0 Å². The molecule has 0 saturated heterocycles. The quantitative estimate of drug-likeness (QED) is 0.177. The van der Waals surface area contributed by atoms with Gasteiger partial charge in [0.15, 0.2) is 17.5 Å². The lowest BCUT2D eigenvalue weighted by atomic mass is 9.86. The summed E-state index contributed by atoms with van der Waals surface area (Å²) in [5.74, 6) is 1.98. The van der Waals surface area contributed by atoms with E-state index in [9.17, 15) is 0 Å². The zero-order valence-electron chi connectivity index (χ0n) is 30.2. The molecule has 0 aliphatic heterocycles. The van der Waals surface area contributed by atoms with Crippen LogP contribution in [0.2, 0.25) is 0 Å². The van der Waals surface area contributed by atoms with Gasteiger partial charge in [-0.1, -0.05) is 160 Å². The molecular weight excluding hydrogens is 695 g/mol. The molecule has 10 rings (SSSR count). The summed E-state index contributed by atoms with van der Waals surface area (Å²) < 4.78 is 5.04. The molecule has 0 amide bonds. The van der Waals surface area contributed by atoms with Gasteiger partial charge in [0, 0.05) is 57.0 Å². The third-order valence-electron chi connectivity index (χ3n) is 10.4. The van der Waals surface area contributed by atoms with Gasteiger partial charge < -0.3 is 0 Å². The first-order chi connectivity index (χ1) is 26.4. The van der Waals surface area contributed by atoms with E-state index in [1.165, 1.54) is 57.0 Å². The van der Waals surface area contributed by atoms with Crippen LogP contribution in [0.25, 0.3) is 96.8 Å². The summed E-state index contributed by atoms with van der Waals surface area (Å²) in [5, 5.41) is 5.07. The third-order valence-corrected chi connectivity index (χ3v) is 12.8. The van der Waals surface area contributed by atoms with E-state index < -0.39 is 0 Å². The highest BCUT2D eigenvalue weighted by Crippen LogP contribution is 2.42. The van der Waals surface area contributed by atoms with Crippen molar-refractivity contribution < 1.29 is 0 Å². The SMILES string of the molecule is CC(C)(C)c1ccc(-c2ccccc2-c2nc(-c3ccc(-c4cccc5c4sc4ccccc45)cc3)nc(-c3cccc4c3sc3ccccc34)n2)cc1. The maximum atomic E-state index is 5.27. The van der Waals surface area contributed by atoms with E-state index in [2.05, 4.69) is 178 Å². The Morgan fingerprint density at radius 3 is 1.41 bits per heavy atom. The molecule has 0 N–H and O–H groups in total. The summed E-state index contributed by atoms with van der Waals surface area (Å²) in [6.45, 7) is 6.74. The van der Waals surface area contributed by atoms with E-state index in [-0.39, 0.29) is 5.41 Å². The number of benzene rings is 7. The Labute approximate surface area is 322 Å². The predicted molar refractivity (Wildman–Crippen MR) is 231 cm³/mol. The first-order valence-electron chi connectivity index (χ1n) is 18.3. The highest BCUT2D eigenvalue weighted by Gasteiger charge is 2.20. The minimum absolute atomic E-state index is 0.0730. The topological polar surface area (TPSA) is 38.7 Å². The van der Waals surface area contributed by atoms with Crippen LogP contribution in [-0.2, 0) is 5.41 Å². The molecule has 0 spiro atoms. The monoisotopic (exact) mass is 729 g/mol. The first kappa shape index (κ1) is 32.6. The molecule has 0 saturated carbocycles. The van der Waals surface area contributed by atoms with E-state index in [0.29, 0.717) is 17.5 Å². The number of hydrogen-bond donors (Lipinski definition) is 0. The lowest BCUT2D eigenvalue weighted by Gasteiger charge is -2.19. The van der Waals surface area contributed by atoms with Gasteiger partial charge in [0.25, 0.3) is 0 Å². The van der Waals surface area contributed by atoms with Crippen LogP contribution in [0.3, 0.4) is 0 Å². The molecule has 0 fully saturated rings. The zero-order chi connectivity index (χ0) is 36.4. The third kappa shape index (κ3) is 5.59. The van der Waals surface area contributed by atoms with E-state index in [1.54, 1.807) is 11.3 Å². The van der Waals surface area contributed by atoms with Crippen LogP contribution >= 0.6 is 22.7 Å². The van der Waals surface area contributed by atoms with Crippen molar-refractivity contribution in [2.75, 3.05) is 0 Å². The maximum absolute atomic E-state index is 5.27. The Hall–Kier alpha value is -6.01. The lowest BCUT2D eigenvalue weighted by Crippen LogP contribution is -2.10. The summed E-state index contributed by atoms with van der Waals surface area (Å²) in [4.78, 5) is 15.7. The van der Waals surface area contributed by atoms with Gasteiger partial charge >= 0.3 is 0 Å². The average molecular weight is 730 g/mol. The fraction of sp³-hybridized carbons (Fsp3) is 0.0816. The normalized spacial score (nSPS) is 12.0. The molecule has 0 aliphatic rings. The molecule has 3 aromatic heterocycles. The molecule has 5 heteroatoms. The Bertz CT molecular complexity index is 3020.